The summed E-state index contributed by atoms with van der Waals surface area (Å²) in [5.74, 6) is 0.119. The molecular weight excluding hydrogens is 246 g/mol. The van der Waals surface area contributed by atoms with Crippen LogP contribution in [0.15, 0.2) is 42.7 Å². The highest BCUT2D eigenvalue weighted by Crippen LogP contribution is 2.33. The van der Waals surface area contributed by atoms with Gasteiger partial charge in [0.2, 0.25) is 0 Å². The van der Waals surface area contributed by atoms with Crippen LogP contribution in [0.5, 0.6) is 0 Å². The molecule has 0 amide bonds. The number of halogens is 1. The molecule has 1 aromatic carbocycles. The molecule has 0 fully saturated rings. The Balaban J connectivity index is 2.00. The average molecular weight is 258 g/mol. The fourth-order valence-electron chi connectivity index (χ4n) is 2.53. The van der Waals surface area contributed by atoms with E-state index in [4.69, 9.17) is 11.6 Å². The van der Waals surface area contributed by atoms with Gasteiger partial charge in [-0.3, -0.25) is 9.78 Å². The van der Waals surface area contributed by atoms with Crippen molar-refractivity contribution < 1.29 is 4.79 Å². The van der Waals surface area contributed by atoms with E-state index in [0.717, 1.165) is 29.5 Å². The Labute approximate surface area is 111 Å². The molecule has 1 unspecified atom stereocenters. The number of hydrogen-bond acceptors (Lipinski definition) is 2. The van der Waals surface area contributed by atoms with E-state index in [1.54, 1.807) is 18.5 Å². The number of ketones is 1. The normalized spacial score (nSPS) is 18.5. The first-order valence-corrected chi connectivity index (χ1v) is 6.36. The smallest absolute Gasteiger partial charge is 0.170 e. The number of fused-ring (bicyclic) bond motifs is 1. The number of benzene rings is 1. The third kappa shape index (κ3) is 1.93. The van der Waals surface area contributed by atoms with E-state index >= 15 is 0 Å². The zero-order valence-electron chi connectivity index (χ0n) is 9.77. The molecule has 18 heavy (non-hydrogen) atoms. The SMILES string of the molecule is O=C1c2ccc(Cl)cc2CCC1c1cccnc1. The molecule has 0 radical (unpaired) electrons. The van der Waals surface area contributed by atoms with E-state index in [2.05, 4.69) is 4.98 Å². The molecule has 1 heterocycles. The molecule has 2 nitrogen and oxygen atoms in total. The first-order valence-electron chi connectivity index (χ1n) is 5.98. The Morgan fingerprint density at radius 2 is 2.17 bits per heavy atom. The standard InChI is InChI=1S/C15H12ClNO/c16-12-4-6-13-10(8-12)3-5-14(15(13)18)11-2-1-7-17-9-11/h1-2,4,6-9,14H,3,5H2. The average Bonchev–Trinajstić information content (AvgIpc) is 2.40. The molecule has 0 saturated carbocycles. The maximum atomic E-state index is 12.5. The molecule has 0 saturated heterocycles. The summed E-state index contributed by atoms with van der Waals surface area (Å²) in [6, 6.07) is 9.36. The number of pyridine rings is 1. The van der Waals surface area contributed by atoms with Gasteiger partial charge in [0.25, 0.3) is 0 Å². The van der Waals surface area contributed by atoms with Crippen LogP contribution in [0.3, 0.4) is 0 Å². The molecule has 3 heteroatoms. The van der Waals surface area contributed by atoms with Gasteiger partial charge in [-0.15, -0.1) is 0 Å². The lowest BCUT2D eigenvalue weighted by Crippen LogP contribution is -2.21. The lowest BCUT2D eigenvalue weighted by molar-refractivity contribution is 0.0946. The molecule has 1 aliphatic rings. The first kappa shape index (κ1) is 11.4. The third-order valence-electron chi connectivity index (χ3n) is 3.44. The molecule has 0 bridgehead atoms. The van der Waals surface area contributed by atoms with Crippen molar-refractivity contribution in [2.45, 2.75) is 18.8 Å². The highest BCUT2D eigenvalue weighted by molar-refractivity contribution is 6.30. The van der Waals surface area contributed by atoms with Crippen LogP contribution in [-0.2, 0) is 6.42 Å². The molecule has 1 aromatic heterocycles. The van der Waals surface area contributed by atoms with Crippen LogP contribution in [0.2, 0.25) is 5.02 Å². The van der Waals surface area contributed by atoms with Gasteiger partial charge in [0.1, 0.15) is 0 Å². The maximum absolute atomic E-state index is 12.5. The number of carbonyl (C=O) groups is 1. The van der Waals surface area contributed by atoms with Gasteiger partial charge in [0, 0.05) is 28.9 Å². The zero-order valence-corrected chi connectivity index (χ0v) is 10.5. The van der Waals surface area contributed by atoms with Gasteiger partial charge in [-0.25, -0.2) is 0 Å². The quantitative estimate of drug-likeness (QED) is 0.781. The van der Waals surface area contributed by atoms with E-state index in [1.807, 2.05) is 24.3 Å². The van der Waals surface area contributed by atoms with Crippen LogP contribution >= 0.6 is 11.6 Å². The summed E-state index contributed by atoms with van der Waals surface area (Å²) in [6.45, 7) is 0. The van der Waals surface area contributed by atoms with Crippen molar-refractivity contribution in [2.75, 3.05) is 0 Å². The van der Waals surface area contributed by atoms with Crippen molar-refractivity contribution in [1.82, 2.24) is 4.98 Å². The summed E-state index contributed by atoms with van der Waals surface area (Å²) in [5, 5.41) is 0.696. The van der Waals surface area contributed by atoms with Crippen molar-refractivity contribution in [2.24, 2.45) is 0 Å². The van der Waals surface area contributed by atoms with Crippen molar-refractivity contribution in [3.8, 4) is 0 Å². The molecule has 3 rings (SSSR count). The fourth-order valence-corrected chi connectivity index (χ4v) is 2.72. The Morgan fingerprint density at radius 1 is 1.28 bits per heavy atom. The van der Waals surface area contributed by atoms with Crippen LogP contribution in [0.4, 0.5) is 0 Å². The largest absolute Gasteiger partial charge is 0.293 e. The van der Waals surface area contributed by atoms with Crippen LogP contribution in [0, 0.1) is 0 Å². The highest BCUT2D eigenvalue weighted by atomic mass is 35.5. The molecule has 0 N–H and O–H groups in total. The van der Waals surface area contributed by atoms with E-state index in [9.17, 15) is 4.79 Å². The van der Waals surface area contributed by atoms with Gasteiger partial charge in [-0.05, 0) is 48.2 Å². The van der Waals surface area contributed by atoms with Crippen LogP contribution in [-0.4, -0.2) is 10.8 Å². The Morgan fingerprint density at radius 3 is 2.94 bits per heavy atom. The minimum Gasteiger partial charge on any atom is -0.293 e. The summed E-state index contributed by atoms with van der Waals surface area (Å²) < 4.78 is 0. The second kappa shape index (κ2) is 4.54. The van der Waals surface area contributed by atoms with Crippen molar-refractivity contribution in [3.63, 3.8) is 0 Å². The topological polar surface area (TPSA) is 30.0 Å². The monoisotopic (exact) mass is 257 g/mol. The second-order valence-corrected chi connectivity index (χ2v) is 4.98. The van der Waals surface area contributed by atoms with E-state index in [0.29, 0.717) is 5.02 Å². The predicted molar refractivity (Wildman–Crippen MR) is 71.1 cm³/mol. The molecule has 1 aliphatic carbocycles. The highest BCUT2D eigenvalue weighted by Gasteiger charge is 2.28. The van der Waals surface area contributed by atoms with E-state index in [1.165, 1.54) is 0 Å². The Bertz CT molecular complexity index is 595. The first-order chi connectivity index (χ1) is 8.75. The van der Waals surface area contributed by atoms with Crippen LogP contribution in [0.25, 0.3) is 0 Å². The molecule has 0 spiro atoms. The maximum Gasteiger partial charge on any atom is 0.170 e. The molecule has 90 valence electrons. The number of nitrogens with zero attached hydrogens (tertiary/aromatic N) is 1. The molecular formula is C15H12ClNO. The number of aryl methyl sites for hydroxylation is 1. The number of carbonyl (C=O) groups excluding carboxylic acids is 1. The molecule has 0 aliphatic heterocycles. The lowest BCUT2D eigenvalue weighted by Gasteiger charge is -2.23. The molecule has 1 atom stereocenters. The van der Waals surface area contributed by atoms with E-state index < -0.39 is 0 Å². The van der Waals surface area contributed by atoms with Gasteiger partial charge in [0.05, 0.1) is 0 Å². The van der Waals surface area contributed by atoms with Crippen LogP contribution < -0.4 is 0 Å². The summed E-state index contributed by atoms with van der Waals surface area (Å²) >= 11 is 5.96. The van der Waals surface area contributed by atoms with Gasteiger partial charge in [-0.2, -0.15) is 0 Å². The number of aromatic nitrogens is 1. The minimum absolute atomic E-state index is 0.0626. The molecule has 2 aromatic rings. The second-order valence-electron chi connectivity index (χ2n) is 4.54. The predicted octanol–water partition coefficient (Wildman–Crippen LogP) is 3.65. The van der Waals surface area contributed by atoms with Crippen LogP contribution in [0.1, 0.15) is 33.8 Å². The van der Waals surface area contributed by atoms with Gasteiger partial charge in [0.15, 0.2) is 5.78 Å². The van der Waals surface area contributed by atoms with Crippen molar-refractivity contribution in [1.29, 1.82) is 0 Å². The summed E-state index contributed by atoms with van der Waals surface area (Å²) in [7, 11) is 0. The minimum atomic E-state index is -0.0626. The van der Waals surface area contributed by atoms with Crippen molar-refractivity contribution in [3.05, 3.63) is 64.4 Å². The van der Waals surface area contributed by atoms with Gasteiger partial charge < -0.3 is 0 Å². The van der Waals surface area contributed by atoms with Crippen molar-refractivity contribution >= 4 is 17.4 Å². The summed E-state index contributed by atoms with van der Waals surface area (Å²) in [4.78, 5) is 16.5. The van der Waals surface area contributed by atoms with E-state index in [-0.39, 0.29) is 11.7 Å². The summed E-state index contributed by atoms with van der Waals surface area (Å²) in [5.41, 5.74) is 2.87. The number of hydrogen-bond donors (Lipinski definition) is 0. The number of rotatable bonds is 1. The Kier molecular flexibility index (Phi) is 2.88. The fraction of sp³-hybridized carbons (Fsp3) is 0.200. The van der Waals surface area contributed by atoms with Gasteiger partial charge in [-0.1, -0.05) is 17.7 Å². The van der Waals surface area contributed by atoms with Gasteiger partial charge >= 0.3 is 0 Å². The third-order valence-corrected chi connectivity index (χ3v) is 3.67. The number of Topliss-reactive ketones (excluding diaryl/α,β-unsaturated/α-hetero) is 1. The lowest BCUT2D eigenvalue weighted by atomic mass is 9.79. The Hall–Kier alpha value is -1.67. The zero-order chi connectivity index (χ0) is 12.5. The summed E-state index contributed by atoms with van der Waals surface area (Å²) in [6.07, 6.45) is 5.23.